The van der Waals surface area contributed by atoms with Crippen LogP contribution in [0.3, 0.4) is 0 Å². The van der Waals surface area contributed by atoms with Crippen LogP contribution in [0.25, 0.3) is 1.43 Å². The molecule has 2 N–H and O–H groups in total. The van der Waals surface area contributed by atoms with Crippen LogP contribution >= 0.6 is 0 Å². The van der Waals surface area contributed by atoms with Crippen molar-refractivity contribution >= 4 is 10.1 Å². The van der Waals surface area contributed by atoms with Crippen molar-refractivity contribution in [3.8, 4) is 0 Å². The van der Waals surface area contributed by atoms with Crippen LogP contribution in [0.4, 0.5) is 0 Å². The Hall–Kier alpha value is -0.130. The van der Waals surface area contributed by atoms with Crippen molar-refractivity contribution in [2.75, 3.05) is 12.2 Å². The van der Waals surface area contributed by atoms with Gasteiger partial charge in [-0.05, 0) is 25.7 Å². The Morgan fingerprint density at radius 3 is 3.36 bits per heavy atom. The molecule has 0 spiro atoms. The average molecular weight is 238 g/mol. The minimum absolute atomic E-state index is 0.956. The molecule has 1 unspecified atom stereocenters. The molecule has 0 saturated heterocycles. The summed E-state index contributed by atoms with van der Waals surface area (Å²) in [6, 6.07) is -3.73. The van der Waals surface area contributed by atoms with E-state index in [0.29, 0.717) is 0 Å². The molecule has 0 bridgehead atoms. The maximum atomic E-state index is 11.7. The first kappa shape index (κ1) is 2.41. The summed E-state index contributed by atoms with van der Waals surface area (Å²) >= 11 is 0. The van der Waals surface area contributed by atoms with Crippen molar-refractivity contribution in [1.29, 1.82) is 1.43 Å². The van der Waals surface area contributed by atoms with Gasteiger partial charge in [0, 0.05) is 26.6 Å². The topological polar surface area (TPSA) is 66.4 Å². The minimum atomic E-state index is -5.80. The van der Waals surface area contributed by atoms with Crippen molar-refractivity contribution in [1.82, 2.24) is 5.31 Å². The Labute approximate surface area is 110 Å². The van der Waals surface area contributed by atoms with E-state index in [9.17, 15) is 8.42 Å². The lowest BCUT2D eigenvalue weighted by molar-refractivity contribution is 0.373. The van der Waals surface area contributed by atoms with Crippen LogP contribution in [0, 0.1) is 0 Å². The van der Waals surface area contributed by atoms with Crippen LogP contribution < -0.4 is 5.31 Å². The van der Waals surface area contributed by atoms with Gasteiger partial charge in [0.05, 0.1) is 5.70 Å². The van der Waals surface area contributed by atoms with Crippen LogP contribution in [0.5, 0.6) is 0 Å². The molecule has 0 aromatic carbocycles. The Balaban J connectivity index is 3.78. The highest BCUT2D eigenvalue weighted by atomic mass is 32.2. The first-order chi connectivity index (χ1) is 13.2. The van der Waals surface area contributed by atoms with Gasteiger partial charge in [0.25, 0.3) is 10.1 Å². The molecular weight excluding hydrogens is 202 g/mol. The summed E-state index contributed by atoms with van der Waals surface area (Å²) in [7, 11) is -5.80. The zero-order valence-corrected chi connectivity index (χ0v) is 7.60. The first-order valence-corrected chi connectivity index (χ1v) is 4.77. The lowest BCUT2D eigenvalue weighted by atomic mass is 9.95. The second-order valence-corrected chi connectivity index (χ2v) is 3.19. The van der Waals surface area contributed by atoms with Gasteiger partial charge in [0.1, 0.15) is 1.41 Å². The molecule has 0 heterocycles. The molecule has 0 aliphatic heterocycles. The largest absolute Gasteiger partial charge is 0.314 e. The highest BCUT2D eigenvalue weighted by molar-refractivity contribution is 7.85. The minimum Gasteiger partial charge on any atom is -0.314 e. The second-order valence-electron chi connectivity index (χ2n) is 2.08. The molecule has 5 heteroatoms. The van der Waals surface area contributed by atoms with E-state index < -0.39 is 71.9 Å². The molecule has 1 aliphatic carbocycles. The van der Waals surface area contributed by atoms with Gasteiger partial charge < -0.3 is 5.31 Å². The number of rotatable bonds is 6. The Morgan fingerprint density at radius 2 is 2.57 bits per heavy atom. The molecule has 1 rings (SSSR count). The average Bonchev–Trinajstić information content (AvgIpc) is 2.58. The van der Waals surface area contributed by atoms with Gasteiger partial charge in [-0.2, -0.15) is 8.42 Å². The number of hydrogen-bond acceptors (Lipinski definition) is 4. The second kappa shape index (κ2) is 5.68. The molecule has 1 aliphatic rings. The monoisotopic (exact) mass is 238 g/mol. The lowest BCUT2D eigenvalue weighted by Gasteiger charge is -2.22. The molecule has 1 fully saturated rings. The summed E-state index contributed by atoms with van der Waals surface area (Å²) in [4.78, 5) is 0. The van der Waals surface area contributed by atoms with E-state index in [0.717, 1.165) is 0 Å². The summed E-state index contributed by atoms with van der Waals surface area (Å²) in [6.07, 6.45) is -20.9. The smallest absolute Gasteiger partial charge is 0.264 e. The molecule has 0 aromatic heterocycles. The van der Waals surface area contributed by atoms with Gasteiger partial charge in [0.2, 0.25) is 1.43 Å². The zero-order valence-electron chi connectivity index (χ0n) is 23.8. The molecule has 14 heavy (non-hydrogen) atoms. The third-order valence-electron chi connectivity index (χ3n) is 1.04. The van der Waals surface area contributed by atoms with Crippen LogP contribution in [0.1, 0.15) is 58.8 Å². The fraction of sp³-hybridized carbons (Fsp3) is 1.00. The maximum Gasteiger partial charge on any atom is 0.264 e. The van der Waals surface area contributed by atoms with E-state index in [2.05, 4.69) is 4.56 Å². The molecule has 0 amide bonds. The number of hydrogen-bond donors (Lipinski definition) is 2. The Bertz CT molecular complexity index is 825. The van der Waals surface area contributed by atoms with Crippen LogP contribution in [0.2, 0.25) is 1.41 Å². The maximum absolute atomic E-state index is 11.7. The van der Waals surface area contributed by atoms with E-state index in [1.54, 1.807) is 0 Å². The van der Waals surface area contributed by atoms with Crippen molar-refractivity contribution < 1.29 is 34.9 Å². The summed E-state index contributed by atoms with van der Waals surface area (Å²) in [5, 5.41) is -0.956. The predicted molar refractivity (Wildman–Crippen MR) is 55.9 cm³/mol. The normalized spacial score (nSPS) is 64.5. The van der Waals surface area contributed by atoms with Crippen LogP contribution in [-0.4, -0.2) is 31.2 Å². The molecule has 84 valence electrons. The Kier molecular flexibility index (Phi) is 0.978. The summed E-state index contributed by atoms with van der Waals surface area (Å²) in [6.45, 7) is -4.28. The lowest BCUT2D eigenvalue weighted by Crippen LogP contribution is -2.32. The fourth-order valence-corrected chi connectivity index (χ4v) is 0.739. The molecule has 1 saturated carbocycles. The van der Waals surface area contributed by atoms with Crippen molar-refractivity contribution in [2.45, 2.75) is 44.3 Å². The molecule has 4 nitrogen and oxygen atoms in total. The van der Waals surface area contributed by atoms with Crippen molar-refractivity contribution in [2.24, 2.45) is 0 Å². The Morgan fingerprint density at radius 1 is 1.71 bits per heavy atom. The van der Waals surface area contributed by atoms with Crippen LogP contribution in [-0.2, 0) is 10.1 Å². The summed E-state index contributed by atoms with van der Waals surface area (Å²) < 4.78 is 157. The fourth-order valence-electron chi connectivity index (χ4n) is 0.568. The molecule has 0 radical (unpaired) electrons. The van der Waals surface area contributed by atoms with Gasteiger partial charge in [-0.3, -0.25) is 4.56 Å². The molecule has 0 aromatic rings. The highest BCUT2D eigenvalue weighted by Gasteiger charge is 2.12. The van der Waals surface area contributed by atoms with E-state index in [1.165, 1.54) is 0 Å². The van der Waals surface area contributed by atoms with Crippen molar-refractivity contribution in [3.63, 3.8) is 0 Å². The third-order valence-corrected chi connectivity index (χ3v) is 1.39. The highest BCUT2D eigenvalue weighted by Crippen LogP contribution is 2.17. The van der Waals surface area contributed by atoms with Gasteiger partial charge >= 0.3 is 0 Å². The van der Waals surface area contributed by atoms with E-state index in [-0.39, 0.29) is 0 Å². The number of nitrogens with one attached hydrogen (secondary N) is 1. The first-order valence-electron chi connectivity index (χ1n) is 11.7. The standard InChI is InChI=1S/C9H19NO3S/c11-14(12,13)8-4-7-10-9-5-2-1-3-6-9/h9-10H,1-8H2,(H,11,12,13)/i1D2,2D2,3D2,4D2,5D2,7D2,8D2,9D/hD2. The SMILES string of the molecule is [2H]OS(=O)(=O)C([2H])([2H])C([2H])([2H])C([2H])([2H])N([2H])C1([2H])CC([2H])([2H])C([2H])([2H])C([2H])([2H])C1([2H])[2H]. The summed E-state index contributed by atoms with van der Waals surface area (Å²) in [5.41, 5.74) is -4.39. The predicted octanol–water partition coefficient (Wildman–Crippen LogP) is 1.19. The third kappa shape index (κ3) is 5.57. The van der Waals surface area contributed by atoms with Gasteiger partial charge in [0.15, 0.2) is 0 Å². The van der Waals surface area contributed by atoms with Gasteiger partial charge in [-0.25, -0.2) is 0 Å². The van der Waals surface area contributed by atoms with E-state index in [4.69, 9.17) is 23.4 Å². The van der Waals surface area contributed by atoms with E-state index >= 15 is 0 Å². The molecular formula is C9H19NO3S. The summed E-state index contributed by atoms with van der Waals surface area (Å²) in [5.74, 6) is 0. The zero-order chi connectivity index (χ0) is 25.5. The van der Waals surface area contributed by atoms with Gasteiger partial charge in [-0.15, -0.1) is 0 Å². The van der Waals surface area contributed by atoms with Gasteiger partial charge in [-0.1, -0.05) is 19.1 Å². The van der Waals surface area contributed by atoms with Crippen LogP contribution in [0.15, 0.2) is 0 Å². The quantitative estimate of drug-likeness (QED) is 0.682. The van der Waals surface area contributed by atoms with E-state index in [1.807, 2.05) is 0 Å². The molecule has 1 atom stereocenters. The van der Waals surface area contributed by atoms with Crippen molar-refractivity contribution in [3.05, 3.63) is 0 Å².